The van der Waals surface area contributed by atoms with Crippen LogP contribution in [0.4, 0.5) is 0 Å². The molecule has 1 aliphatic heterocycles. The second-order valence-electron chi connectivity index (χ2n) is 7.55. The van der Waals surface area contributed by atoms with Gasteiger partial charge in [0.1, 0.15) is 25.6 Å². The SMILES string of the molecule is C[N+](C)=C1C=CC(=CC=CC=C2C=C(c3ccccc3)C=C(c3ccccc3)O2)C=C1. The smallest absolute Gasteiger partial charge is 0.199 e. The zero-order valence-electron chi connectivity index (χ0n) is 17.9. The van der Waals surface area contributed by atoms with Crippen LogP contribution >= 0.6 is 0 Å². The first kappa shape index (κ1) is 20.4. The fraction of sp³-hybridized carbons (Fsp3) is 0.0690. The molecule has 2 nitrogen and oxygen atoms in total. The van der Waals surface area contributed by atoms with Crippen molar-refractivity contribution in [2.24, 2.45) is 0 Å². The van der Waals surface area contributed by atoms with Crippen LogP contribution in [-0.4, -0.2) is 24.4 Å². The molecule has 31 heavy (non-hydrogen) atoms. The van der Waals surface area contributed by atoms with Crippen molar-refractivity contribution >= 4 is 17.0 Å². The van der Waals surface area contributed by atoms with E-state index in [9.17, 15) is 0 Å². The summed E-state index contributed by atoms with van der Waals surface area (Å²) >= 11 is 0. The summed E-state index contributed by atoms with van der Waals surface area (Å²) in [6, 6.07) is 20.6. The number of hydrogen-bond donors (Lipinski definition) is 0. The molecule has 2 aliphatic rings. The van der Waals surface area contributed by atoms with Crippen molar-refractivity contribution in [2.75, 3.05) is 14.1 Å². The average Bonchev–Trinajstić information content (AvgIpc) is 2.83. The third-order valence-corrected chi connectivity index (χ3v) is 5.05. The maximum absolute atomic E-state index is 6.19. The van der Waals surface area contributed by atoms with Crippen LogP contribution in [0.2, 0.25) is 0 Å². The second kappa shape index (κ2) is 9.73. The van der Waals surface area contributed by atoms with Crippen LogP contribution in [-0.2, 0) is 4.74 Å². The average molecular weight is 405 g/mol. The van der Waals surface area contributed by atoms with E-state index >= 15 is 0 Å². The van der Waals surface area contributed by atoms with Gasteiger partial charge in [0.2, 0.25) is 0 Å². The van der Waals surface area contributed by atoms with Crippen LogP contribution in [0.15, 0.2) is 133 Å². The van der Waals surface area contributed by atoms with Crippen molar-refractivity contribution in [1.82, 2.24) is 0 Å². The number of rotatable bonds is 4. The number of benzene rings is 2. The first-order valence-corrected chi connectivity index (χ1v) is 10.4. The fourth-order valence-corrected chi connectivity index (χ4v) is 3.35. The minimum absolute atomic E-state index is 0.813. The monoisotopic (exact) mass is 404 g/mol. The number of hydrogen-bond acceptors (Lipinski definition) is 1. The quantitative estimate of drug-likeness (QED) is 0.541. The second-order valence-corrected chi connectivity index (χ2v) is 7.55. The lowest BCUT2D eigenvalue weighted by Crippen LogP contribution is -2.09. The Morgan fingerprint density at radius 2 is 1.29 bits per heavy atom. The molecular formula is C29H26NO+. The Balaban J connectivity index is 1.57. The molecule has 0 saturated carbocycles. The highest BCUT2D eigenvalue weighted by Crippen LogP contribution is 2.31. The molecule has 152 valence electrons. The van der Waals surface area contributed by atoms with Crippen LogP contribution in [0, 0.1) is 0 Å². The van der Waals surface area contributed by atoms with Gasteiger partial charge in [-0.1, -0.05) is 78.9 Å². The molecule has 4 rings (SSSR count). The van der Waals surface area contributed by atoms with Gasteiger partial charge in [0.25, 0.3) is 0 Å². The predicted molar refractivity (Wildman–Crippen MR) is 131 cm³/mol. The first-order valence-electron chi connectivity index (χ1n) is 10.4. The summed E-state index contributed by atoms with van der Waals surface area (Å²) in [5, 5.41) is 0. The summed E-state index contributed by atoms with van der Waals surface area (Å²) in [6.07, 6.45) is 20.8. The van der Waals surface area contributed by atoms with E-state index in [4.69, 9.17) is 4.74 Å². The summed E-state index contributed by atoms with van der Waals surface area (Å²) in [5.74, 6) is 1.66. The van der Waals surface area contributed by atoms with Crippen molar-refractivity contribution in [3.63, 3.8) is 0 Å². The Morgan fingerprint density at radius 1 is 0.677 bits per heavy atom. The molecule has 0 amide bonds. The predicted octanol–water partition coefficient (Wildman–Crippen LogP) is 6.35. The first-order chi connectivity index (χ1) is 15.2. The Labute approximate surface area is 184 Å². The Hall–Kier alpha value is -3.91. The third kappa shape index (κ3) is 5.37. The molecule has 2 heteroatoms. The molecule has 0 bridgehead atoms. The molecule has 1 aliphatic carbocycles. The lowest BCUT2D eigenvalue weighted by molar-refractivity contribution is -0.462. The van der Waals surface area contributed by atoms with Crippen LogP contribution in [0.3, 0.4) is 0 Å². The lowest BCUT2D eigenvalue weighted by Gasteiger charge is -2.18. The molecule has 0 saturated heterocycles. The minimum atomic E-state index is 0.813. The van der Waals surface area contributed by atoms with E-state index < -0.39 is 0 Å². The molecule has 0 N–H and O–H groups in total. The van der Waals surface area contributed by atoms with Gasteiger partial charge in [-0.3, -0.25) is 0 Å². The van der Waals surface area contributed by atoms with Gasteiger partial charge in [-0.05, 0) is 47.1 Å². The highest BCUT2D eigenvalue weighted by molar-refractivity contribution is 6.02. The topological polar surface area (TPSA) is 12.2 Å². The molecule has 1 heterocycles. The molecule has 0 radical (unpaired) electrons. The molecule has 2 aromatic carbocycles. The van der Waals surface area contributed by atoms with E-state index in [2.05, 4.69) is 83.5 Å². The van der Waals surface area contributed by atoms with Crippen LogP contribution in [0.5, 0.6) is 0 Å². The van der Waals surface area contributed by atoms with Gasteiger partial charge in [0.05, 0.1) is 0 Å². The van der Waals surface area contributed by atoms with E-state index in [1.54, 1.807) is 0 Å². The third-order valence-electron chi connectivity index (χ3n) is 5.05. The molecule has 0 atom stereocenters. The van der Waals surface area contributed by atoms with Gasteiger partial charge >= 0.3 is 0 Å². The van der Waals surface area contributed by atoms with Crippen molar-refractivity contribution in [3.8, 4) is 0 Å². The maximum Gasteiger partial charge on any atom is 0.199 e. The van der Waals surface area contributed by atoms with Gasteiger partial charge in [0.15, 0.2) is 5.71 Å². The van der Waals surface area contributed by atoms with E-state index in [1.165, 1.54) is 11.3 Å². The maximum atomic E-state index is 6.19. The lowest BCUT2D eigenvalue weighted by atomic mass is 10.0. The largest absolute Gasteiger partial charge is 0.457 e. The molecule has 0 spiro atoms. The van der Waals surface area contributed by atoms with E-state index in [0.717, 1.165) is 28.2 Å². The zero-order valence-corrected chi connectivity index (χ0v) is 17.9. The van der Waals surface area contributed by atoms with Gasteiger partial charge in [-0.25, -0.2) is 4.58 Å². The summed E-state index contributed by atoms with van der Waals surface area (Å²) < 4.78 is 8.29. The van der Waals surface area contributed by atoms with Crippen LogP contribution in [0.1, 0.15) is 11.1 Å². The van der Waals surface area contributed by atoms with Crippen LogP contribution in [0.25, 0.3) is 11.3 Å². The summed E-state index contributed by atoms with van der Waals surface area (Å²) in [7, 11) is 4.09. The Morgan fingerprint density at radius 3 is 1.94 bits per heavy atom. The molecular weight excluding hydrogens is 378 g/mol. The number of ether oxygens (including phenoxy) is 1. The fourth-order valence-electron chi connectivity index (χ4n) is 3.35. The number of nitrogens with zero attached hydrogens (tertiary/aromatic N) is 1. The van der Waals surface area contributed by atoms with Crippen molar-refractivity contribution < 1.29 is 9.31 Å². The van der Waals surface area contributed by atoms with Gasteiger partial charge < -0.3 is 4.74 Å². The normalized spacial score (nSPS) is 16.9. The van der Waals surface area contributed by atoms with Crippen LogP contribution < -0.4 is 0 Å². The Bertz CT molecular complexity index is 1160. The van der Waals surface area contributed by atoms with Gasteiger partial charge in [0, 0.05) is 17.7 Å². The van der Waals surface area contributed by atoms with Crippen molar-refractivity contribution in [2.45, 2.75) is 0 Å². The van der Waals surface area contributed by atoms with Crippen molar-refractivity contribution in [1.29, 1.82) is 0 Å². The van der Waals surface area contributed by atoms with E-state index in [1.807, 2.05) is 56.6 Å². The highest BCUT2D eigenvalue weighted by Gasteiger charge is 2.13. The molecule has 0 fully saturated rings. The Kier molecular flexibility index (Phi) is 6.39. The number of allylic oxidation sites excluding steroid dienone is 12. The summed E-state index contributed by atoms with van der Waals surface area (Å²) in [5.41, 5.74) is 5.72. The summed E-state index contributed by atoms with van der Waals surface area (Å²) in [6.45, 7) is 0. The van der Waals surface area contributed by atoms with Crippen molar-refractivity contribution in [3.05, 3.63) is 144 Å². The molecule has 0 unspecified atom stereocenters. The van der Waals surface area contributed by atoms with Gasteiger partial charge in [-0.2, -0.15) is 0 Å². The molecule has 2 aromatic rings. The van der Waals surface area contributed by atoms with E-state index in [-0.39, 0.29) is 0 Å². The van der Waals surface area contributed by atoms with Gasteiger partial charge in [-0.15, -0.1) is 0 Å². The minimum Gasteiger partial charge on any atom is -0.457 e. The molecule has 0 aromatic heterocycles. The standard InChI is InChI=1S/C29H26NO/c1-30(2)27-19-17-23(18-20-27)11-9-10-16-28-21-26(24-12-5-3-6-13-24)22-29(31-28)25-14-7-4-8-15-25/h3-22H,1-2H3/q+1. The van der Waals surface area contributed by atoms with E-state index in [0.29, 0.717) is 0 Å². The zero-order chi connectivity index (χ0) is 21.5. The highest BCUT2D eigenvalue weighted by atomic mass is 16.5. The summed E-state index contributed by atoms with van der Waals surface area (Å²) in [4.78, 5) is 0.